The number of hydrogen-bond donors (Lipinski definition) is 1. The van der Waals surface area contributed by atoms with Gasteiger partial charge >= 0.3 is 0 Å². The average Bonchev–Trinajstić information content (AvgIpc) is 3.07. The van der Waals surface area contributed by atoms with Crippen LogP contribution in [0.15, 0.2) is 35.2 Å². The number of aromatic hydroxyl groups is 1. The highest BCUT2D eigenvalue weighted by Gasteiger charge is 2.23. The number of aryl methyl sites for hydroxylation is 1. The molecule has 2 aromatic carbocycles. The van der Waals surface area contributed by atoms with Crippen LogP contribution < -0.4 is 0 Å². The second kappa shape index (κ2) is 7.67. The summed E-state index contributed by atoms with van der Waals surface area (Å²) in [4.78, 5) is 2.84. The third kappa shape index (κ3) is 4.30. The van der Waals surface area contributed by atoms with Crippen LogP contribution >= 0.6 is 11.8 Å². The molecule has 0 radical (unpaired) electrons. The lowest BCUT2D eigenvalue weighted by molar-refractivity contribution is 0.393. The molecule has 154 valence electrons. The molecule has 1 aromatic heterocycles. The summed E-state index contributed by atoms with van der Waals surface area (Å²) in [6, 6.07) is 10.3. The highest BCUT2D eigenvalue weighted by Crippen LogP contribution is 2.38. The first-order valence-corrected chi connectivity index (χ1v) is 11.5. The van der Waals surface area contributed by atoms with Crippen molar-refractivity contribution in [3.63, 3.8) is 0 Å². The topological polar surface area (TPSA) is 50.9 Å². The third-order valence-electron chi connectivity index (χ3n) is 5.88. The lowest BCUT2D eigenvalue weighted by Crippen LogP contribution is -2.13. The molecule has 1 saturated carbocycles. The van der Waals surface area contributed by atoms with Gasteiger partial charge in [-0.05, 0) is 73.8 Å². The summed E-state index contributed by atoms with van der Waals surface area (Å²) in [6.45, 7) is 10.7. The Morgan fingerprint density at radius 1 is 1.00 bits per heavy atom. The van der Waals surface area contributed by atoms with Gasteiger partial charge in [0.15, 0.2) is 0 Å². The molecule has 1 heterocycles. The Labute approximate surface area is 177 Å². The molecule has 5 heteroatoms. The van der Waals surface area contributed by atoms with Crippen molar-refractivity contribution < 1.29 is 5.11 Å². The van der Waals surface area contributed by atoms with Crippen molar-refractivity contribution in [3.05, 3.63) is 41.5 Å². The molecule has 3 aromatic rings. The molecule has 0 atom stereocenters. The van der Waals surface area contributed by atoms with Crippen molar-refractivity contribution >= 4 is 22.8 Å². The van der Waals surface area contributed by atoms with Crippen molar-refractivity contribution in [1.29, 1.82) is 0 Å². The molecule has 1 fully saturated rings. The highest BCUT2D eigenvalue weighted by molar-refractivity contribution is 8.00. The molecule has 0 bridgehead atoms. The molecule has 4 nitrogen and oxygen atoms in total. The fourth-order valence-electron chi connectivity index (χ4n) is 4.10. The first-order valence-electron chi connectivity index (χ1n) is 10.6. The van der Waals surface area contributed by atoms with Crippen molar-refractivity contribution in [2.24, 2.45) is 5.92 Å². The van der Waals surface area contributed by atoms with E-state index in [2.05, 4.69) is 44.9 Å². The molecular formula is C24H31N3OS. The number of phenolic OH excluding ortho intramolecular Hbond substituents is 1. The SMILES string of the molecule is Cc1cc(-n2nc3ccc(SC4CCC(C)CC4)cc3n2)c(O)c(C(C)(C)C)c1. The van der Waals surface area contributed by atoms with E-state index in [0.717, 1.165) is 28.1 Å². The molecule has 0 unspecified atom stereocenters. The van der Waals surface area contributed by atoms with Crippen molar-refractivity contribution in [3.8, 4) is 11.4 Å². The zero-order valence-electron chi connectivity index (χ0n) is 18.1. The highest BCUT2D eigenvalue weighted by atomic mass is 32.2. The van der Waals surface area contributed by atoms with Crippen LogP contribution in [0.5, 0.6) is 5.75 Å². The summed E-state index contributed by atoms with van der Waals surface area (Å²) >= 11 is 1.97. The summed E-state index contributed by atoms with van der Waals surface area (Å²) in [7, 11) is 0. The molecule has 0 saturated heterocycles. The van der Waals surface area contributed by atoms with Crippen LogP contribution in [0.2, 0.25) is 0 Å². The number of benzene rings is 2. The Balaban J connectivity index is 1.66. The molecule has 4 rings (SSSR count). The van der Waals surface area contributed by atoms with E-state index in [9.17, 15) is 5.11 Å². The minimum Gasteiger partial charge on any atom is -0.505 e. The molecule has 1 aliphatic rings. The normalized spacial score (nSPS) is 20.3. The summed E-state index contributed by atoms with van der Waals surface area (Å²) in [5.41, 5.74) is 4.21. The number of rotatable bonds is 3. The fourth-order valence-corrected chi connectivity index (χ4v) is 5.32. The van der Waals surface area contributed by atoms with Gasteiger partial charge in [-0.15, -0.1) is 26.8 Å². The van der Waals surface area contributed by atoms with Crippen molar-refractivity contribution in [2.45, 2.75) is 75.9 Å². The van der Waals surface area contributed by atoms with Gasteiger partial charge in [0.05, 0.1) is 0 Å². The van der Waals surface area contributed by atoms with Gasteiger partial charge < -0.3 is 5.11 Å². The first-order chi connectivity index (χ1) is 13.7. The van der Waals surface area contributed by atoms with E-state index in [-0.39, 0.29) is 11.2 Å². The molecule has 1 aliphatic carbocycles. The lowest BCUT2D eigenvalue weighted by Gasteiger charge is -2.25. The maximum Gasteiger partial charge on any atom is 0.146 e. The first kappa shape index (κ1) is 20.3. The van der Waals surface area contributed by atoms with Crippen molar-refractivity contribution in [1.82, 2.24) is 15.0 Å². The van der Waals surface area contributed by atoms with Gasteiger partial charge in [0.1, 0.15) is 22.5 Å². The number of phenols is 1. The molecule has 0 amide bonds. The van der Waals surface area contributed by atoms with Crippen LogP contribution in [0.3, 0.4) is 0 Å². The van der Waals surface area contributed by atoms with E-state index in [0.29, 0.717) is 10.9 Å². The standard InChI is InChI=1S/C24H31N3OS/c1-15-6-8-17(9-7-15)29-18-10-11-20-21(14-18)26-27(25-20)22-13-16(2)12-19(23(22)28)24(3,4)5/h10-15,17,28H,6-9H2,1-5H3. The summed E-state index contributed by atoms with van der Waals surface area (Å²) in [5, 5.41) is 21.0. The summed E-state index contributed by atoms with van der Waals surface area (Å²) < 4.78 is 0. The predicted octanol–water partition coefficient (Wildman–Crippen LogP) is 6.40. The fraction of sp³-hybridized carbons (Fsp3) is 0.500. The van der Waals surface area contributed by atoms with Gasteiger partial charge in [0.2, 0.25) is 0 Å². The second-order valence-corrected chi connectivity index (χ2v) is 10.9. The van der Waals surface area contributed by atoms with Gasteiger partial charge in [0.25, 0.3) is 0 Å². The zero-order valence-corrected chi connectivity index (χ0v) is 18.9. The number of fused-ring (bicyclic) bond motifs is 1. The number of nitrogens with zero attached hydrogens (tertiary/aromatic N) is 3. The predicted molar refractivity (Wildman–Crippen MR) is 121 cm³/mol. The molecule has 0 aliphatic heterocycles. The summed E-state index contributed by atoms with van der Waals surface area (Å²) in [6.07, 6.45) is 5.25. The van der Waals surface area contributed by atoms with Crippen LogP contribution in [-0.4, -0.2) is 25.4 Å². The number of thioether (sulfide) groups is 1. The number of aromatic nitrogens is 3. The molecular weight excluding hydrogens is 378 g/mol. The summed E-state index contributed by atoms with van der Waals surface area (Å²) in [5.74, 6) is 1.13. The smallest absolute Gasteiger partial charge is 0.146 e. The Morgan fingerprint density at radius 2 is 1.69 bits per heavy atom. The third-order valence-corrected chi connectivity index (χ3v) is 7.21. The quantitative estimate of drug-likeness (QED) is 0.543. The van der Waals surface area contributed by atoms with Gasteiger partial charge in [-0.2, -0.15) is 0 Å². The zero-order chi connectivity index (χ0) is 20.8. The van der Waals surface area contributed by atoms with Crippen LogP contribution in [0.4, 0.5) is 0 Å². The maximum absolute atomic E-state index is 10.9. The van der Waals surface area contributed by atoms with E-state index in [4.69, 9.17) is 5.10 Å². The van der Waals surface area contributed by atoms with Crippen LogP contribution in [0.25, 0.3) is 16.7 Å². The van der Waals surface area contributed by atoms with Crippen molar-refractivity contribution in [2.75, 3.05) is 0 Å². The second-order valence-electron chi connectivity index (χ2n) is 9.57. The molecule has 1 N–H and O–H groups in total. The van der Waals surface area contributed by atoms with E-state index in [1.807, 2.05) is 36.9 Å². The number of hydrogen-bond acceptors (Lipinski definition) is 4. The van der Waals surface area contributed by atoms with Gasteiger partial charge in [-0.3, -0.25) is 0 Å². The molecule has 0 spiro atoms. The van der Waals surface area contributed by atoms with E-state index in [1.54, 1.807) is 4.80 Å². The van der Waals surface area contributed by atoms with Gasteiger partial charge in [0, 0.05) is 15.7 Å². The lowest BCUT2D eigenvalue weighted by atomic mass is 9.85. The van der Waals surface area contributed by atoms with E-state index in [1.165, 1.54) is 30.6 Å². The van der Waals surface area contributed by atoms with E-state index >= 15 is 0 Å². The Morgan fingerprint density at radius 3 is 2.38 bits per heavy atom. The molecule has 29 heavy (non-hydrogen) atoms. The largest absolute Gasteiger partial charge is 0.505 e. The van der Waals surface area contributed by atoms with E-state index < -0.39 is 0 Å². The van der Waals surface area contributed by atoms with Crippen LogP contribution in [0.1, 0.15) is 64.5 Å². The Hall–Kier alpha value is -2.01. The van der Waals surface area contributed by atoms with Crippen LogP contribution in [0, 0.1) is 12.8 Å². The minimum absolute atomic E-state index is 0.154. The minimum atomic E-state index is -0.154. The maximum atomic E-state index is 10.9. The van der Waals surface area contributed by atoms with Gasteiger partial charge in [-0.25, -0.2) is 0 Å². The Bertz CT molecular complexity index is 1030. The van der Waals surface area contributed by atoms with Crippen LogP contribution in [-0.2, 0) is 5.41 Å². The van der Waals surface area contributed by atoms with Gasteiger partial charge in [-0.1, -0.05) is 33.8 Å². The Kier molecular flexibility index (Phi) is 5.36. The monoisotopic (exact) mass is 409 g/mol. The average molecular weight is 410 g/mol.